The standard InChI is InChI=1S/C10H18N2O4/c1-8-10(15)11(2)3-4-12(8)5-6-16-7-9(13)14/h8H,3-7H2,1-2H3,(H,13,14)/t8-/m1/s1. The summed E-state index contributed by atoms with van der Waals surface area (Å²) >= 11 is 0. The highest BCUT2D eigenvalue weighted by molar-refractivity contribution is 5.81. The second-order valence-corrected chi connectivity index (χ2v) is 3.92. The number of hydrogen-bond donors (Lipinski definition) is 1. The van der Waals surface area contributed by atoms with Gasteiger partial charge < -0.3 is 14.7 Å². The number of hydrogen-bond acceptors (Lipinski definition) is 4. The third-order valence-corrected chi connectivity index (χ3v) is 2.75. The van der Waals surface area contributed by atoms with Gasteiger partial charge in [0.05, 0.1) is 12.6 Å². The average molecular weight is 230 g/mol. The lowest BCUT2D eigenvalue weighted by molar-refractivity contribution is -0.144. The fourth-order valence-electron chi connectivity index (χ4n) is 1.70. The fourth-order valence-corrected chi connectivity index (χ4v) is 1.70. The topological polar surface area (TPSA) is 70.1 Å². The molecule has 1 aliphatic heterocycles. The van der Waals surface area contributed by atoms with Gasteiger partial charge in [0.2, 0.25) is 5.91 Å². The summed E-state index contributed by atoms with van der Waals surface area (Å²) in [6.45, 7) is 4.02. The second-order valence-electron chi connectivity index (χ2n) is 3.92. The first kappa shape index (κ1) is 12.9. The predicted molar refractivity (Wildman–Crippen MR) is 57.1 cm³/mol. The first-order chi connectivity index (χ1) is 7.52. The molecule has 1 N–H and O–H groups in total. The number of carbonyl (C=O) groups excluding carboxylic acids is 1. The Hall–Kier alpha value is -1.14. The number of aliphatic carboxylic acids is 1. The largest absolute Gasteiger partial charge is 0.480 e. The van der Waals surface area contributed by atoms with Crippen LogP contribution in [0.15, 0.2) is 0 Å². The molecule has 1 fully saturated rings. The van der Waals surface area contributed by atoms with Gasteiger partial charge in [0.25, 0.3) is 0 Å². The zero-order chi connectivity index (χ0) is 12.1. The van der Waals surface area contributed by atoms with Gasteiger partial charge in [-0.1, -0.05) is 0 Å². The zero-order valence-corrected chi connectivity index (χ0v) is 9.68. The lowest BCUT2D eigenvalue weighted by atomic mass is 10.2. The smallest absolute Gasteiger partial charge is 0.329 e. The summed E-state index contributed by atoms with van der Waals surface area (Å²) in [5.41, 5.74) is 0. The van der Waals surface area contributed by atoms with E-state index >= 15 is 0 Å². The molecule has 0 radical (unpaired) electrons. The van der Waals surface area contributed by atoms with Crippen LogP contribution in [0.2, 0.25) is 0 Å². The Bertz CT molecular complexity index is 270. The summed E-state index contributed by atoms with van der Waals surface area (Å²) in [6.07, 6.45) is 0. The SMILES string of the molecule is C[C@@H]1C(=O)N(C)CCN1CCOCC(=O)O. The van der Waals surface area contributed by atoms with E-state index in [1.807, 2.05) is 11.8 Å². The van der Waals surface area contributed by atoms with Crippen molar-refractivity contribution in [2.75, 3.05) is 39.9 Å². The summed E-state index contributed by atoms with van der Waals surface area (Å²) in [5, 5.41) is 8.38. The Labute approximate surface area is 94.8 Å². The summed E-state index contributed by atoms with van der Waals surface area (Å²) in [5.74, 6) is -0.869. The molecule has 1 amide bonds. The molecule has 0 aliphatic carbocycles. The molecule has 1 aliphatic rings. The highest BCUT2D eigenvalue weighted by atomic mass is 16.5. The Morgan fingerprint density at radius 2 is 2.25 bits per heavy atom. The van der Waals surface area contributed by atoms with E-state index < -0.39 is 5.97 Å². The van der Waals surface area contributed by atoms with Crippen LogP contribution in [0.4, 0.5) is 0 Å². The Morgan fingerprint density at radius 1 is 1.56 bits per heavy atom. The van der Waals surface area contributed by atoms with Gasteiger partial charge in [-0.25, -0.2) is 4.79 Å². The van der Waals surface area contributed by atoms with Gasteiger partial charge >= 0.3 is 5.97 Å². The van der Waals surface area contributed by atoms with Crippen molar-refractivity contribution in [1.82, 2.24) is 9.80 Å². The quantitative estimate of drug-likeness (QED) is 0.629. The van der Waals surface area contributed by atoms with E-state index in [1.54, 1.807) is 11.9 Å². The van der Waals surface area contributed by atoms with Crippen LogP contribution in [0.25, 0.3) is 0 Å². The number of likely N-dealkylation sites (N-methyl/N-ethyl adjacent to an activating group) is 1. The Balaban J connectivity index is 2.27. The predicted octanol–water partition coefficient (Wildman–Crippen LogP) is -0.750. The van der Waals surface area contributed by atoms with E-state index in [9.17, 15) is 9.59 Å². The molecule has 0 aromatic carbocycles. The van der Waals surface area contributed by atoms with Crippen molar-refractivity contribution in [2.45, 2.75) is 13.0 Å². The maximum Gasteiger partial charge on any atom is 0.329 e. The summed E-state index contributed by atoms with van der Waals surface area (Å²) in [6, 6.07) is -0.146. The van der Waals surface area contributed by atoms with Crippen molar-refractivity contribution in [3.63, 3.8) is 0 Å². The van der Waals surface area contributed by atoms with Gasteiger partial charge in [-0.2, -0.15) is 0 Å². The van der Waals surface area contributed by atoms with Gasteiger partial charge in [0.15, 0.2) is 0 Å². The molecule has 0 unspecified atom stereocenters. The minimum absolute atomic E-state index is 0.101. The van der Waals surface area contributed by atoms with E-state index in [0.29, 0.717) is 19.7 Å². The van der Waals surface area contributed by atoms with Crippen molar-refractivity contribution in [1.29, 1.82) is 0 Å². The molecule has 1 atom stereocenters. The molecule has 6 nitrogen and oxygen atoms in total. The third-order valence-electron chi connectivity index (χ3n) is 2.75. The van der Waals surface area contributed by atoms with Crippen LogP contribution in [-0.2, 0) is 14.3 Å². The van der Waals surface area contributed by atoms with Gasteiger partial charge in [-0.05, 0) is 6.92 Å². The second kappa shape index (κ2) is 5.81. The van der Waals surface area contributed by atoms with Gasteiger partial charge in [-0.15, -0.1) is 0 Å². The van der Waals surface area contributed by atoms with Crippen molar-refractivity contribution in [2.24, 2.45) is 0 Å². The molecule has 0 bridgehead atoms. The number of piperazine rings is 1. The molecule has 0 saturated carbocycles. The fraction of sp³-hybridized carbons (Fsp3) is 0.800. The maximum absolute atomic E-state index is 11.6. The molecule has 1 heterocycles. The summed E-state index contributed by atoms with van der Waals surface area (Å²) in [7, 11) is 1.79. The molecule has 16 heavy (non-hydrogen) atoms. The van der Waals surface area contributed by atoms with Crippen LogP contribution in [0, 0.1) is 0 Å². The lowest BCUT2D eigenvalue weighted by Crippen LogP contribution is -2.55. The minimum atomic E-state index is -0.970. The van der Waals surface area contributed by atoms with E-state index in [4.69, 9.17) is 9.84 Å². The molecule has 0 spiro atoms. The Morgan fingerprint density at radius 3 is 2.88 bits per heavy atom. The number of nitrogens with zero attached hydrogens (tertiary/aromatic N) is 2. The summed E-state index contributed by atoms with van der Waals surface area (Å²) < 4.78 is 4.94. The van der Waals surface area contributed by atoms with Crippen molar-refractivity contribution in [3.05, 3.63) is 0 Å². The first-order valence-electron chi connectivity index (χ1n) is 5.31. The molecule has 1 rings (SSSR count). The van der Waals surface area contributed by atoms with Crippen molar-refractivity contribution in [3.8, 4) is 0 Å². The highest BCUT2D eigenvalue weighted by Gasteiger charge is 2.28. The summed E-state index contributed by atoms with van der Waals surface area (Å²) in [4.78, 5) is 25.5. The third kappa shape index (κ3) is 3.46. The van der Waals surface area contributed by atoms with Crippen LogP contribution < -0.4 is 0 Å². The van der Waals surface area contributed by atoms with E-state index in [-0.39, 0.29) is 18.6 Å². The van der Waals surface area contributed by atoms with E-state index in [0.717, 1.165) is 6.54 Å². The first-order valence-corrected chi connectivity index (χ1v) is 5.31. The van der Waals surface area contributed by atoms with Gasteiger partial charge in [0, 0.05) is 26.7 Å². The number of carboxylic acid groups (broad SMARTS) is 1. The number of carboxylic acids is 1. The molecule has 1 saturated heterocycles. The Kier molecular flexibility index (Phi) is 4.70. The molecular weight excluding hydrogens is 212 g/mol. The number of rotatable bonds is 5. The van der Waals surface area contributed by atoms with Gasteiger partial charge in [-0.3, -0.25) is 9.69 Å². The molecule has 6 heteroatoms. The van der Waals surface area contributed by atoms with Crippen LogP contribution in [0.5, 0.6) is 0 Å². The normalized spacial score (nSPS) is 22.5. The van der Waals surface area contributed by atoms with Crippen LogP contribution in [0.3, 0.4) is 0 Å². The number of ether oxygens (including phenoxy) is 1. The molecule has 92 valence electrons. The van der Waals surface area contributed by atoms with Crippen molar-refractivity contribution < 1.29 is 19.4 Å². The molecule has 0 aromatic rings. The van der Waals surface area contributed by atoms with Crippen molar-refractivity contribution >= 4 is 11.9 Å². The number of amides is 1. The lowest BCUT2D eigenvalue weighted by Gasteiger charge is -2.37. The highest BCUT2D eigenvalue weighted by Crippen LogP contribution is 2.08. The van der Waals surface area contributed by atoms with Crippen LogP contribution in [0.1, 0.15) is 6.92 Å². The number of carbonyl (C=O) groups is 2. The van der Waals surface area contributed by atoms with E-state index in [1.165, 1.54) is 0 Å². The van der Waals surface area contributed by atoms with Crippen LogP contribution in [-0.4, -0.2) is 72.7 Å². The van der Waals surface area contributed by atoms with Crippen LogP contribution >= 0.6 is 0 Å². The average Bonchev–Trinajstić information content (AvgIpc) is 2.23. The zero-order valence-electron chi connectivity index (χ0n) is 9.68. The monoisotopic (exact) mass is 230 g/mol. The molecular formula is C10H18N2O4. The maximum atomic E-state index is 11.6. The molecule has 0 aromatic heterocycles. The minimum Gasteiger partial charge on any atom is -0.480 e. The van der Waals surface area contributed by atoms with Gasteiger partial charge in [0.1, 0.15) is 6.61 Å². The van der Waals surface area contributed by atoms with E-state index in [2.05, 4.69) is 0 Å².